The third-order valence-electron chi connectivity index (χ3n) is 3.29. The van der Waals surface area contributed by atoms with Gasteiger partial charge in [0.15, 0.2) is 0 Å². The Labute approximate surface area is 101 Å². The SMILES string of the molecule is CN1CCC(N)(NC(=O)c2cncn2C)CC1. The molecule has 1 aliphatic rings. The first-order valence-corrected chi connectivity index (χ1v) is 5.76. The van der Waals surface area contributed by atoms with E-state index < -0.39 is 5.66 Å². The highest BCUT2D eigenvalue weighted by Gasteiger charge is 2.31. The largest absolute Gasteiger partial charge is 0.333 e. The molecule has 0 spiro atoms. The quantitative estimate of drug-likeness (QED) is 0.682. The number of likely N-dealkylation sites (tertiary alicyclic amines) is 1. The van der Waals surface area contributed by atoms with Crippen LogP contribution in [0.2, 0.25) is 0 Å². The summed E-state index contributed by atoms with van der Waals surface area (Å²) in [6.07, 6.45) is 4.70. The van der Waals surface area contributed by atoms with Gasteiger partial charge < -0.3 is 20.5 Å². The minimum atomic E-state index is -0.589. The molecule has 6 heteroatoms. The van der Waals surface area contributed by atoms with Crippen LogP contribution in [0.5, 0.6) is 0 Å². The van der Waals surface area contributed by atoms with Crippen molar-refractivity contribution in [2.24, 2.45) is 12.8 Å². The molecular weight excluding hydrogens is 218 g/mol. The van der Waals surface area contributed by atoms with E-state index in [2.05, 4.69) is 22.2 Å². The molecule has 0 radical (unpaired) electrons. The van der Waals surface area contributed by atoms with Crippen molar-refractivity contribution >= 4 is 5.91 Å². The molecule has 1 aromatic rings. The number of carbonyl (C=O) groups excluding carboxylic acids is 1. The number of carbonyl (C=O) groups is 1. The Morgan fingerprint density at radius 2 is 2.12 bits per heavy atom. The van der Waals surface area contributed by atoms with E-state index in [4.69, 9.17) is 5.73 Å². The molecule has 0 atom stereocenters. The molecule has 0 bridgehead atoms. The van der Waals surface area contributed by atoms with E-state index in [1.807, 2.05) is 0 Å². The summed E-state index contributed by atoms with van der Waals surface area (Å²) < 4.78 is 1.69. The predicted octanol–water partition coefficient (Wildman–Crippen LogP) is -0.469. The summed E-state index contributed by atoms with van der Waals surface area (Å²) in [5, 5.41) is 2.91. The Morgan fingerprint density at radius 3 is 2.65 bits per heavy atom. The molecule has 94 valence electrons. The molecule has 6 nitrogen and oxygen atoms in total. The van der Waals surface area contributed by atoms with E-state index >= 15 is 0 Å². The highest BCUT2D eigenvalue weighted by Crippen LogP contribution is 2.16. The minimum Gasteiger partial charge on any atom is -0.333 e. The Morgan fingerprint density at radius 1 is 1.47 bits per heavy atom. The van der Waals surface area contributed by atoms with Crippen LogP contribution >= 0.6 is 0 Å². The summed E-state index contributed by atoms with van der Waals surface area (Å²) >= 11 is 0. The third kappa shape index (κ3) is 2.65. The van der Waals surface area contributed by atoms with Crippen molar-refractivity contribution in [1.29, 1.82) is 0 Å². The van der Waals surface area contributed by atoms with Crippen molar-refractivity contribution in [1.82, 2.24) is 19.8 Å². The number of nitrogens with zero attached hydrogens (tertiary/aromatic N) is 3. The molecule has 0 saturated carbocycles. The van der Waals surface area contributed by atoms with Crippen molar-refractivity contribution in [2.45, 2.75) is 18.5 Å². The zero-order valence-electron chi connectivity index (χ0n) is 10.3. The normalized spacial score (nSPS) is 20.2. The molecular formula is C11H19N5O. The van der Waals surface area contributed by atoms with Crippen molar-refractivity contribution in [3.8, 4) is 0 Å². The molecule has 1 fully saturated rings. The Hall–Kier alpha value is -1.40. The number of nitrogens with two attached hydrogens (primary N) is 1. The van der Waals surface area contributed by atoms with Gasteiger partial charge in [0, 0.05) is 20.1 Å². The van der Waals surface area contributed by atoms with E-state index in [0.717, 1.165) is 25.9 Å². The number of piperidine rings is 1. The van der Waals surface area contributed by atoms with Crippen LogP contribution in [0, 0.1) is 0 Å². The second-order valence-corrected chi connectivity index (χ2v) is 4.80. The number of hydrogen-bond donors (Lipinski definition) is 2. The van der Waals surface area contributed by atoms with Crippen LogP contribution in [0.4, 0.5) is 0 Å². The van der Waals surface area contributed by atoms with Gasteiger partial charge in [-0.3, -0.25) is 4.79 Å². The lowest BCUT2D eigenvalue weighted by molar-refractivity contribution is 0.0830. The second-order valence-electron chi connectivity index (χ2n) is 4.80. The Balaban J connectivity index is 2.01. The van der Waals surface area contributed by atoms with Gasteiger partial charge in [0.05, 0.1) is 18.2 Å². The van der Waals surface area contributed by atoms with Gasteiger partial charge in [0.1, 0.15) is 5.69 Å². The van der Waals surface area contributed by atoms with Crippen LogP contribution in [0.3, 0.4) is 0 Å². The van der Waals surface area contributed by atoms with E-state index in [0.29, 0.717) is 5.69 Å². The maximum atomic E-state index is 12.0. The number of aromatic nitrogens is 2. The highest BCUT2D eigenvalue weighted by atomic mass is 16.2. The van der Waals surface area contributed by atoms with Crippen LogP contribution in [-0.4, -0.2) is 46.2 Å². The summed E-state index contributed by atoms with van der Waals surface area (Å²) in [4.78, 5) is 18.1. The Bertz CT molecular complexity index is 406. The molecule has 2 rings (SSSR count). The summed E-state index contributed by atoms with van der Waals surface area (Å²) in [6, 6.07) is 0. The molecule has 0 aromatic carbocycles. The second kappa shape index (κ2) is 4.46. The molecule has 1 saturated heterocycles. The van der Waals surface area contributed by atoms with Gasteiger partial charge in [-0.15, -0.1) is 0 Å². The molecule has 2 heterocycles. The van der Waals surface area contributed by atoms with Gasteiger partial charge in [-0.25, -0.2) is 4.98 Å². The number of amides is 1. The third-order valence-corrected chi connectivity index (χ3v) is 3.29. The molecule has 1 aliphatic heterocycles. The fourth-order valence-corrected chi connectivity index (χ4v) is 2.01. The van der Waals surface area contributed by atoms with Gasteiger partial charge in [0.2, 0.25) is 0 Å². The van der Waals surface area contributed by atoms with E-state index in [1.54, 1.807) is 24.1 Å². The molecule has 3 N–H and O–H groups in total. The lowest BCUT2D eigenvalue weighted by Gasteiger charge is -2.38. The maximum absolute atomic E-state index is 12.0. The number of hydrogen-bond acceptors (Lipinski definition) is 4. The van der Waals surface area contributed by atoms with Gasteiger partial charge in [-0.1, -0.05) is 0 Å². The monoisotopic (exact) mass is 237 g/mol. The maximum Gasteiger partial charge on any atom is 0.270 e. The lowest BCUT2D eigenvalue weighted by Crippen LogP contribution is -2.60. The summed E-state index contributed by atoms with van der Waals surface area (Å²) in [7, 11) is 3.85. The first kappa shape index (κ1) is 12.1. The number of aryl methyl sites for hydroxylation is 1. The standard InChI is InChI=1S/C11H19N5O/c1-15-5-3-11(12,4-6-15)14-10(17)9-7-13-8-16(9)2/h7-8H,3-6,12H2,1-2H3,(H,14,17). The minimum absolute atomic E-state index is 0.156. The first-order valence-electron chi connectivity index (χ1n) is 5.76. The van der Waals surface area contributed by atoms with Crippen LogP contribution in [0.1, 0.15) is 23.3 Å². The van der Waals surface area contributed by atoms with Crippen molar-refractivity contribution in [3.63, 3.8) is 0 Å². The zero-order valence-corrected chi connectivity index (χ0v) is 10.3. The van der Waals surface area contributed by atoms with Gasteiger partial charge in [-0.2, -0.15) is 0 Å². The van der Waals surface area contributed by atoms with Crippen molar-refractivity contribution in [3.05, 3.63) is 18.2 Å². The van der Waals surface area contributed by atoms with E-state index in [-0.39, 0.29) is 5.91 Å². The highest BCUT2D eigenvalue weighted by molar-refractivity contribution is 5.92. The van der Waals surface area contributed by atoms with Crippen molar-refractivity contribution in [2.75, 3.05) is 20.1 Å². The van der Waals surface area contributed by atoms with Crippen LogP contribution in [0.25, 0.3) is 0 Å². The van der Waals surface area contributed by atoms with Crippen LogP contribution in [-0.2, 0) is 7.05 Å². The zero-order chi connectivity index (χ0) is 12.5. The smallest absolute Gasteiger partial charge is 0.270 e. The number of nitrogens with one attached hydrogen (secondary N) is 1. The van der Waals surface area contributed by atoms with E-state index in [1.165, 1.54) is 0 Å². The van der Waals surface area contributed by atoms with Gasteiger partial charge in [-0.05, 0) is 19.9 Å². The molecule has 1 aromatic heterocycles. The lowest BCUT2D eigenvalue weighted by atomic mass is 9.98. The molecule has 17 heavy (non-hydrogen) atoms. The molecule has 1 amide bonds. The topological polar surface area (TPSA) is 76.2 Å². The fourth-order valence-electron chi connectivity index (χ4n) is 2.01. The summed E-state index contributed by atoms with van der Waals surface area (Å²) in [6.45, 7) is 1.81. The van der Waals surface area contributed by atoms with Gasteiger partial charge >= 0.3 is 0 Å². The first-order chi connectivity index (χ1) is 8.00. The van der Waals surface area contributed by atoms with E-state index in [9.17, 15) is 4.79 Å². The van der Waals surface area contributed by atoms with Gasteiger partial charge in [0.25, 0.3) is 5.91 Å². The van der Waals surface area contributed by atoms with Crippen LogP contribution < -0.4 is 11.1 Å². The average molecular weight is 237 g/mol. The number of rotatable bonds is 2. The molecule has 0 unspecified atom stereocenters. The molecule has 0 aliphatic carbocycles. The van der Waals surface area contributed by atoms with Crippen LogP contribution in [0.15, 0.2) is 12.5 Å². The van der Waals surface area contributed by atoms with Crippen molar-refractivity contribution < 1.29 is 4.79 Å². The summed E-state index contributed by atoms with van der Waals surface area (Å²) in [5.41, 5.74) is 6.14. The average Bonchev–Trinajstić information content (AvgIpc) is 2.69. The summed E-state index contributed by atoms with van der Waals surface area (Å²) in [5.74, 6) is -0.156. The Kier molecular flexibility index (Phi) is 3.17. The predicted molar refractivity (Wildman–Crippen MR) is 64.3 cm³/mol. The number of imidazole rings is 1. The fraction of sp³-hybridized carbons (Fsp3) is 0.636.